The van der Waals surface area contributed by atoms with E-state index in [-0.39, 0.29) is 98.1 Å². The molecule has 0 saturated heterocycles. The van der Waals surface area contributed by atoms with Crippen LogP contribution in [0.5, 0.6) is 46.0 Å². The molecule has 0 aliphatic heterocycles. The minimum absolute atomic E-state index is 0.157. The maximum Gasteiger partial charge on any atom is 0.343 e. The molecule has 2 aliphatic carbocycles. The molecule has 526 valence electrons. The number of fused-ring (bicyclic) bond motifs is 6. The molecule has 0 atom stereocenters. The predicted octanol–water partition coefficient (Wildman–Crippen LogP) is 14.9. The van der Waals surface area contributed by atoms with Crippen molar-refractivity contribution in [3.05, 3.63) is 300 Å². The van der Waals surface area contributed by atoms with E-state index in [2.05, 4.69) is 26.3 Å². The Morgan fingerprint density at radius 3 is 0.663 bits per heavy atom. The van der Waals surface area contributed by atoms with Gasteiger partial charge in [-0.3, -0.25) is 0 Å². The zero-order valence-electron chi connectivity index (χ0n) is 56.4. The zero-order chi connectivity index (χ0) is 72.9. The van der Waals surface area contributed by atoms with Crippen LogP contribution in [0.4, 0.5) is 0 Å². The minimum Gasteiger partial charge on any atom is -0.493 e. The average molecular weight is 1400 g/mol. The highest BCUT2D eigenvalue weighted by molar-refractivity contribution is 5.95. The highest BCUT2D eigenvalue weighted by Crippen LogP contribution is 2.53. The van der Waals surface area contributed by atoms with Gasteiger partial charge in [0.15, 0.2) is 0 Å². The summed E-state index contributed by atoms with van der Waals surface area (Å²) < 4.78 is 67.5. The normalized spacial score (nSPS) is 11.5. The van der Waals surface area contributed by atoms with Crippen molar-refractivity contribution in [2.24, 2.45) is 0 Å². The van der Waals surface area contributed by atoms with E-state index in [1.54, 1.807) is 121 Å². The van der Waals surface area contributed by atoms with Crippen LogP contribution in [-0.4, -0.2) is 101 Å². The second-order valence-corrected chi connectivity index (χ2v) is 23.5. The Labute approximate surface area is 599 Å². The third-order valence-electron chi connectivity index (χ3n) is 16.6. The van der Waals surface area contributed by atoms with Crippen molar-refractivity contribution in [3.63, 3.8) is 0 Å². The minimum atomic E-state index is -0.615. The first-order valence-electron chi connectivity index (χ1n) is 33.3. The second kappa shape index (κ2) is 34.8. The predicted molar refractivity (Wildman–Crippen MR) is 383 cm³/mol. The monoisotopic (exact) mass is 1400 g/mol. The highest BCUT2D eigenvalue weighted by atomic mass is 16.6. The van der Waals surface area contributed by atoms with Gasteiger partial charge in [-0.25, -0.2) is 38.4 Å². The molecular formula is C84H70O20. The fraction of sp³-hybridized carbons (Fsp3) is 0.167. The number of esters is 8. The Kier molecular flexibility index (Phi) is 24.1. The van der Waals surface area contributed by atoms with E-state index in [0.29, 0.717) is 48.7 Å². The molecule has 0 fully saturated rings. The van der Waals surface area contributed by atoms with Gasteiger partial charge in [0.1, 0.15) is 46.0 Å². The summed E-state index contributed by atoms with van der Waals surface area (Å²) >= 11 is 0. The smallest absolute Gasteiger partial charge is 0.343 e. The molecular weight excluding hydrogens is 1330 g/mol. The summed E-state index contributed by atoms with van der Waals surface area (Å²) in [5, 5.41) is 0. The van der Waals surface area contributed by atoms with Crippen LogP contribution >= 0.6 is 0 Å². The largest absolute Gasteiger partial charge is 0.493 e. The molecule has 0 spiro atoms. The third-order valence-corrected chi connectivity index (χ3v) is 16.6. The van der Waals surface area contributed by atoms with Gasteiger partial charge in [-0.05, 0) is 201 Å². The summed E-state index contributed by atoms with van der Waals surface area (Å²) in [6, 6.07) is 55.7. The molecule has 0 unspecified atom stereocenters. The van der Waals surface area contributed by atoms with E-state index in [1.165, 1.54) is 0 Å². The van der Waals surface area contributed by atoms with Gasteiger partial charge in [0.25, 0.3) is 0 Å². The van der Waals surface area contributed by atoms with Gasteiger partial charge in [-0.1, -0.05) is 74.8 Å². The van der Waals surface area contributed by atoms with E-state index in [9.17, 15) is 38.4 Å². The first-order chi connectivity index (χ1) is 50.6. The molecule has 0 radical (unpaired) electrons. The molecule has 0 bridgehead atoms. The highest BCUT2D eigenvalue weighted by Gasteiger charge is 2.35. The van der Waals surface area contributed by atoms with E-state index >= 15 is 0 Å². The van der Waals surface area contributed by atoms with Gasteiger partial charge in [0.2, 0.25) is 0 Å². The molecule has 0 saturated carbocycles. The van der Waals surface area contributed by atoms with Gasteiger partial charge >= 0.3 is 47.8 Å². The van der Waals surface area contributed by atoms with Crippen molar-refractivity contribution >= 4 is 47.8 Å². The maximum atomic E-state index is 13.9. The fourth-order valence-corrected chi connectivity index (χ4v) is 11.6. The Morgan fingerprint density at radius 2 is 0.462 bits per heavy atom. The van der Waals surface area contributed by atoms with Crippen LogP contribution in [0, 0.1) is 0 Å². The number of carbonyl (C=O) groups is 8. The van der Waals surface area contributed by atoms with Crippen LogP contribution in [-0.2, 0) is 38.1 Å². The van der Waals surface area contributed by atoms with E-state index in [4.69, 9.17) is 56.8 Å². The van der Waals surface area contributed by atoms with Gasteiger partial charge in [-0.2, -0.15) is 0 Å². The van der Waals surface area contributed by atoms with Crippen molar-refractivity contribution in [3.8, 4) is 68.2 Å². The maximum absolute atomic E-state index is 13.9. The molecule has 20 nitrogen and oxygen atoms in total. The summed E-state index contributed by atoms with van der Waals surface area (Å²) in [4.78, 5) is 101. The zero-order valence-corrected chi connectivity index (χ0v) is 56.4. The van der Waals surface area contributed by atoms with Crippen LogP contribution in [0.1, 0.15) is 112 Å². The lowest BCUT2D eigenvalue weighted by molar-refractivity contribution is -0.138. The van der Waals surface area contributed by atoms with Crippen molar-refractivity contribution in [2.45, 2.75) is 37.5 Å². The SMILES string of the molecule is C=CC(=O)OCCCOc1ccc(C(=O)Oc2ccc3c(c2)C(c2ccc(C4c5cc(OC(=O)c6ccc(OCCCOC(=O)C=C)cc6)ccc5-c5ccc(OC(=O)c6ccc(OCCCOC(=O)C=C)cc6)cc54)cc2)c2cc(OC(=O)c4ccc(OCCCOC(=O)C=C)cc4)ccc2-3)cc1. The van der Waals surface area contributed by atoms with Crippen LogP contribution < -0.4 is 37.9 Å². The van der Waals surface area contributed by atoms with Gasteiger partial charge in [-0.15, -0.1) is 0 Å². The molecule has 0 N–H and O–H groups in total. The number of hydrogen-bond donors (Lipinski definition) is 0. The lowest BCUT2D eigenvalue weighted by Crippen LogP contribution is -2.10. The topological polar surface area (TPSA) is 247 Å². The van der Waals surface area contributed by atoms with Gasteiger partial charge in [0, 0.05) is 61.8 Å². The number of carbonyl (C=O) groups excluding carboxylic acids is 8. The van der Waals surface area contributed by atoms with E-state index < -0.39 is 59.6 Å². The Morgan fingerprint density at radius 1 is 0.260 bits per heavy atom. The summed E-state index contributed by atoms with van der Waals surface area (Å²) in [6.45, 7) is 15.3. The fourth-order valence-electron chi connectivity index (χ4n) is 11.6. The lowest BCUT2D eigenvalue weighted by atomic mass is 9.85. The number of hydrogen-bond acceptors (Lipinski definition) is 20. The van der Waals surface area contributed by atoms with Crippen molar-refractivity contribution < 1.29 is 95.2 Å². The summed E-state index contributed by atoms with van der Waals surface area (Å²) in [5.41, 5.74) is 9.29. The molecule has 0 amide bonds. The van der Waals surface area contributed by atoms with Crippen molar-refractivity contribution in [2.75, 3.05) is 52.9 Å². The van der Waals surface area contributed by atoms with Gasteiger partial charge < -0.3 is 56.8 Å². The van der Waals surface area contributed by atoms with E-state index in [1.807, 2.05) is 72.8 Å². The number of benzene rings is 9. The molecule has 104 heavy (non-hydrogen) atoms. The Hall–Kier alpha value is -13.1. The summed E-state index contributed by atoms with van der Waals surface area (Å²) in [5.74, 6) is -2.48. The summed E-state index contributed by atoms with van der Waals surface area (Å²) in [6.07, 6.45) is 6.14. The molecule has 0 aromatic heterocycles. The quantitative estimate of drug-likeness (QED) is 0.0119. The van der Waals surface area contributed by atoms with Crippen LogP contribution in [0.15, 0.2) is 245 Å². The molecule has 11 rings (SSSR count). The molecule has 20 heteroatoms. The molecule has 2 aliphatic rings. The number of rotatable bonds is 34. The first kappa shape index (κ1) is 72.2. The van der Waals surface area contributed by atoms with Crippen LogP contribution in [0.3, 0.4) is 0 Å². The van der Waals surface area contributed by atoms with Crippen LogP contribution in [0.25, 0.3) is 22.3 Å². The molecule has 9 aromatic carbocycles. The standard InChI is InChI=1S/C84H70O20/c1-5-75(85)97-45-9-41-93-59-25-17-55(18-26-59)81(89)101-63-33-37-67-68-38-34-64(102-82(90)56-19-27-60(28-20-56)94-42-10-46-98-76(86)6-2)50-72(68)79(71(67)49-63)53-13-15-54(16-14-53)80-73-51-65(103-83(91)57-21-29-61(30-22-57)95-43-11-47-99-77(87)7-3)35-39-69(73)70-40-36-66(52-74(70)80)104-84(92)58-23-31-62(32-24-58)96-44-12-48-100-78(88)8-4/h5-8,13-40,49-52,79-80H,1-4,9-12,41-48H2. The third kappa shape index (κ3) is 18.5. The first-order valence-corrected chi connectivity index (χ1v) is 33.3. The Balaban J connectivity index is 0.875. The molecule has 0 heterocycles. The van der Waals surface area contributed by atoms with E-state index in [0.717, 1.165) is 79.9 Å². The van der Waals surface area contributed by atoms with Crippen molar-refractivity contribution in [1.82, 2.24) is 0 Å². The molecule has 9 aromatic rings. The van der Waals surface area contributed by atoms with Crippen molar-refractivity contribution in [1.29, 1.82) is 0 Å². The second-order valence-electron chi connectivity index (χ2n) is 23.5. The Bertz CT molecular complexity index is 4120. The number of ether oxygens (including phenoxy) is 12. The van der Waals surface area contributed by atoms with Crippen LogP contribution in [0.2, 0.25) is 0 Å². The van der Waals surface area contributed by atoms with Gasteiger partial charge in [0.05, 0.1) is 75.1 Å². The average Bonchev–Trinajstić information content (AvgIpc) is 1.59. The summed E-state index contributed by atoms with van der Waals surface area (Å²) in [7, 11) is 0. The lowest BCUT2D eigenvalue weighted by Gasteiger charge is -2.19.